The average Bonchev–Trinajstić information content (AvgIpc) is 2.50. The van der Waals surface area contributed by atoms with E-state index in [9.17, 15) is 0 Å². The predicted octanol–water partition coefficient (Wildman–Crippen LogP) is 4.14. The number of furan rings is 1. The zero-order valence-corrected chi connectivity index (χ0v) is 15.6. The number of rotatable bonds is 2. The van der Waals surface area contributed by atoms with Gasteiger partial charge in [-0.1, -0.05) is 61.8 Å². The lowest BCUT2D eigenvalue weighted by atomic mass is 10.1. The van der Waals surface area contributed by atoms with E-state index in [0.717, 1.165) is 11.5 Å². The molecule has 3 heteroatoms. The summed E-state index contributed by atoms with van der Waals surface area (Å²) in [4.78, 5) is 0. The van der Waals surface area contributed by atoms with Crippen molar-refractivity contribution in [3.63, 3.8) is 0 Å². The first-order valence-corrected chi connectivity index (χ1v) is 14.1. The number of fused-ring (bicyclic) bond motifs is 1. The highest BCUT2D eigenvalue weighted by Gasteiger charge is 2.28. The Kier molecular flexibility index (Phi) is 3.34. The van der Waals surface area contributed by atoms with E-state index >= 15 is 0 Å². The van der Waals surface area contributed by atoms with Gasteiger partial charge >= 0.3 is 0 Å². The molecule has 0 saturated heterocycles. The van der Waals surface area contributed by atoms with Crippen molar-refractivity contribution >= 4 is 37.3 Å². The maximum absolute atomic E-state index is 5.83. The lowest BCUT2D eigenvalue weighted by molar-refractivity contribution is 0.510. The van der Waals surface area contributed by atoms with Crippen LogP contribution in [0.25, 0.3) is 10.8 Å². The SMILES string of the molecule is Cc1oc(C)c2cc([Si](C)(C)C)c([Si](C)(C)C)cc12. The van der Waals surface area contributed by atoms with E-state index in [2.05, 4.69) is 65.3 Å². The van der Waals surface area contributed by atoms with E-state index in [4.69, 9.17) is 4.42 Å². The molecular formula is C16H26OSi2. The van der Waals surface area contributed by atoms with Gasteiger partial charge in [0.1, 0.15) is 11.5 Å². The maximum atomic E-state index is 5.83. The molecule has 0 spiro atoms. The first-order valence-electron chi connectivity index (χ1n) is 7.06. The van der Waals surface area contributed by atoms with Gasteiger partial charge in [0, 0.05) is 10.8 Å². The molecule has 0 saturated carbocycles. The summed E-state index contributed by atoms with van der Waals surface area (Å²) in [6, 6.07) is 4.86. The first-order chi connectivity index (χ1) is 8.51. The number of hydrogen-bond donors (Lipinski definition) is 0. The van der Waals surface area contributed by atoms with Gasteiger partial charge in [0.25, 0.3) is 0 Å². The summed E-state index contributed by atoms with van der Waals surface area (Å²) in [5.41, 5.74) is 0. The fraction of sp³-hybridized carbons (Fsp3) is 0.500. The predicted molar refractivity (Wildman–Crippen MR) is 91.6 cm³/mol. The van der Waals surface area contributed by atoms with E-state index in [1.165, 1.54) is 10.8 Å². The number of hydrogen-bond acceptors (Lipinski definition) is 1. The summed E-state index contributed by atoms with van der Waals surface area (Å²) in [7, 11) is -2.65. The summed E-state index contributed by atoms with van der Waals surface area (Å²) in [5.74, 6) is 2.13. The average molecular weight is 291 g/mol. The molecule has 1 heterocycles. The third-order valence-electron chi connectivity index (χ3n) is 3.84. The molecule has 0 N–H and O–H groups in total. The van der Waals surface area contributed by atoms with Gasteiger partial charge < -0.3 is 4.42 Å². The Hall–Kier alpha value is -0.806. The van der Waals surface area contributed by atoms with Crippen molar-refractivity contribution < 1.29 is 4.42 Å². The highest BCUT2D eigenvalue weighted by atomic mass is 28.3. The van der Waals surface area contributed by atoms with Crippen LogP contribution in [-0.2, 0) is 0 Å². The summed E-state index contributed by atoms with van der Waals surface area (Å²) in [5, 5.41) is 5.89. The van der Waals surface area contributed by atoms with Crippen LogP contribution in [0.2, 0.25) is 39.3 Å². The molecule has 0 aliphatic heterocycles. The van der Waals surface area contributed by atoms with E-state index in [1.807, 2.05) is 0 Å². The van der Waals surface area contributed by atoms with Gasteiger partial charge in [-0.15, -0.1) is 0 Å². The van der Waals surface area contributed by atoms with Crippen LogP contribution in [0.5, 0.6) is 0 Å². The topological polar surface area (TPSA) is 13.1 Å². The standard InChI is InChI=1S/C16H26OSi2/c1-11-13-9-15(18(3,4)5)16(19(6,7)8)10-14(13)12(2)17-11/h9-10H,1-8H3. The van der Waals surface area contributed by atoms with Crippen molar-refractivity contribution in [2.75, 3.05) is 0 Å². The Morgan fingerprint density at radius 3 is 1.26 bits per heavy atom. The molecule has 0 fully saturated rings. The lowest BCUT2D eigenvalue weighted by Crippen LogP contribution is -2.56. The van der Waals surface area contributed by atoms with Crippen LogP contribution in [0.4, 0.5) is 0 Å². The molecule has 0 unspecified atom stereocenters. The molecule has 2 rings (SSSR count). The third kappa shape index (κ3) is 2.58. The zero-order chi connectivity index (χ0) is 14.6. The van der Waals surface area contributed by atoms with E-state index in [0.29, 0.717) is 0 Å². The van der Waals surface area contributed by atoms with Crippen LogP contribution in [-0.4, -0.2) is 16.1 Å². The van der Waals surface area contributed by atoms with E-state index in [1.54, 1.807) is 10.4 Å². The van der Waals surface area contributed by atoms with E-state index in [-0.39, 0.29) is 0 Å². The van der Waals surface area contributed by atoms with Crippen LogP contribution >= 0.6 is 0 Å². The normalized spacial score (nSPS) is 13.3. The number of benzene rings is 1. The minimum absolute atomic E-state index is 1.06. The summed E-state index contributed by atoms with van der Waals surface area (Å²) in [6.07, 6.45) is 0. The van der Waals surface area contributed by atoms with Gasteiger partial charge in [0.05, 0.1) is 16.1 Å². The Bertz CT molecular complexity index is 571. The van der Waals surface area contributed by atoms with Gasteiger partial charge in [-0.25, -0.2) is 0 Å². The Morgan fingerprint density at radius 2 is 1.00 bits per heavy atom. The highest BCUT2D eigenvalue weighted by Crippen LogP contribution is 2.25. The summed E-state index contributed by atoms with van der Waals surface area (Å²) < 4.78 is 5.83. The van der Waals surface area contributed by atoms with Gasteiger partial charge in [0.15, 0.2) is 0 Å². The van der Waals surface area contributed by atoms with Crippen molar-refractivity contribution in [3.05, 3.63) is 23.7 Å². The molecular weight excluding hydrogens is 264 g/mol. The van der Waals surface area contributed by atoms with Crippen LogP contribution in [0.1, 0.15) is 11.5 Å². The van der Waals surface area contributed by atoms with Crippen LogP contribution < -0.4 is 10.4 Å². The quantitative estimate of drug-likeness (QED) is 0.758. The van der Waals surface area contributed by atoms with Gasteiger partial charge in [0.2, 0.25) is 0 Å². The minimum Gasteiger partial charge on any atom is -0.465 e. The molecule has 0 amide bonds. The summed E-state index contributed by atoms with van der Waals surface area (Å²) >= 11 is 0. The van der Waals surface area contributed by atoms with Crippen molar-refractivity contribution in [2.45, 2.75) is 53.1 Å². The Labute approximate surface area is 119 Å². The number of aryl methyl sites for hydroxylation is 2. The highest BCUT2D eigenvalue weighted by molar-refractivity contribution is 6.98. The van der Waals surface area contributed by atoms with Crippen molar-refractivity contribution in [3.8, 4) is 0 Å². The van der Waals surface area contributed by atoms with Gasteiger partial charge in [-0.05, 0) is 13.8 Å². The molecule has 0 aliphatic rings. The van der Waals surface area contributed by atoms with Crippen LogP contribution in [0.15, 0.2) is 16.5 Å². The molecule has 1 aromatic carbocycles. The largest absolute Gasteiger partial charge is 0.465 e. The second-order valence-corrected chi connectivity index (χ2v) is 17.7. The molecule has 0 radical (unpaired) electrons. The van der Waals surface area contributed by atoms with Crippen molar-refractivity contribution in [2.24, 2.45) is 0 Å². The third-order valence-corrected chi connectivity index (χ3v) is 8.15. The second kappa shape index (κ2) is 4.35. The smallest absolute Gasteiger partial charge is 0.108 e. The lowest BCUT2D eigenvalue weighted by Gasteiger charge is -2.28. The van der Waals surface area contributed by atoms with Crippen molar-refractivity contribution in [1.82, 2.24) is 0 Å². The first kappa shape index (κ1) is 14.6. The maximum Gasteiger partial charge on any atom is 0.108 e. The molecule has 19 heavy (non-hydrogen) atoms. The van der Waals surface area contributed by atoms with Crippen LogP contribution in [0, 0.1) is 13.8 Å². The van der Waals surface area contributed by atoms with E-state index < -0.39 is 16.1 Å². The molecule has 0 aliphatic carbocycles. The molecule has 1 aromatic heterocycles. The fourth-order valence-corrected chi connectivity index (χ4v) is 7.93. The van der Waals surface area contributed by atoms with Gasteiger partial charge in [-0.2, -0.15) is 0 Å². The molecule has 1 nitrogen and oxygen atoms in total. The van der Waals surface area contributed by atoms with Crippen molar-refractivity contribution in [1.29, 1.82) is 0 Å². The molecule has 2 aromatic rings. The Morgan fingerprint density at radius 1 is 0.684 bits per heavy atom. The Balaban J connectivity index is 2.88. The molecule has 0 bridgehead atoms. The zero-order valence-electron chi connectivity index (χ0n) is 13.6. The fourth-order valence-electron chi connectivity index (χ4n) is 2.76. The molecule has 0 atom stereocenters. The monoisotopic (exact) mass is 290 g/mol. The molecule has 104 valence electrons. The second-order valence-electron chi connectivity index (χ2n) is 7.66. The minimum atomic E-state index is -1.33. The van der Waals surface area contributed by atoms with Crippen LogP contribution in [0.3, 0.4) is 0 Å². The van der Waals surface area contributed by atoms with Gasteiger partial charge in [-0.3, -0.25) is 0 Å². The summed E-state index contributed by atoms with van der Waals surface area (Å²) in [6.45, 7) is 18.8.